The molecule has 3 N–H and O–H groups in total. The van der Waals surface area contributed by atoms with Gasteiger partial charge < -0.3 is 30.1 Å². The second kappa shape index (κ2) is 11.9. The summed E-state index contributed by atoms with van der Waals surface area (Å²) in [6, 6.07) is -0.939. The van der Waals surface area contributed by atoms with Crippen LogP contribution in [0.3, 0.4) is 0 Å². The quantitative estimate of drug-likeness (QED) is 0.138. The number of esters is 2. The first-order valence-electron chi connectivity index (χ1n) is 11.2. The minimum absolute atomic E-state index is 0.00314. The van der Waals surface area contributed by atoms with Crippen LogP contribution in [0.4, 0.5) is 5.13 Å². The Morgan fingerprint density at radius 3 is 2.62 bits per heavy atom. The number of thiazole rings is 1. The summed E-state index contributed by atoms with van der Waals surface area (Å²) >= 11 is 2.48. The Hall–Kier alpha value is -3.17. The van der Waals surface area contributed by atoms with Crippen molar-refractivity contribution < 1.29 is 38.2 Å². The molecule has 2 amide bonds. The van der Waals surface area contributed by atoms with E-state index in [2.05, 4.69) is 15.5 Å². The number of nitrogens with two attached hydrogens (primary N) is 1. The zero-order valence-electron chi connectivity index (χ0n) is 21.1. The van der Waals surface area contributed by atoms with Gasteiger partial charge in [-0.3, -0.25) is 19.3 Å². The highest BCUT2D eigenvalue weighted by molar-refractivity contribution is 8.00. The fraction of sp³-hybridized carbons (Fsp3) is 0.545. The normalized spacial score (nSPS) is 19.6. The van der Waals surface area contributed by atoms with Crippen LogP contribution in [-0.4, -0.2) is 83.6 Å². The van der Waals surface area contributed by atoms with Crippen molar-refractivity contribution in [2.75, 3.05) is 38.6 Å². The number of nitrogen functional groups attached to an aromatic ring is 1. The number of hydrogen-bond donors (Lipinski definition) is 2. The lowest BCUT2D eigenvalue weighted by Crippen LogP contribution is -2.71. The van der Waals surface area contributed by atoms with Gasteiger partial charge in [-0.25, -0.2) is 9.78 Å². The third-order valence-electron chi connectivity index (χ3n) is 5.10. The van der Waals surface area contributed by atoms with E-state index in [0.717, 1.165) is 11.3 Å². The third kappa shape index (κ3) is 6.40. The topological polar surface area (TPSA) is 172 Å². The predicted octanol–water partition coefficient (Wildman–Crippen LogP) is 0.856. The van der Waals surface area contributed by atoms with E-state index in [9.17, 15) is 19.2 Å². The van der Waals surface area contributed by atoms with Crippen molar-refractivity contribution in [3.8, 4) is 0 Å². The summed E-state index contributed by atoms with van der Waals surface area (Å²) in [5.74, 6) is -2.23. The molecule has 3 rings (SSSR count). The summed E-state index contributed by atoms with van der Waals surface area (Å²) in [7, 11) is 1.46. The van der Waals surface area contributed by atoms with Gasteiger partial charge in [-0.2, -0.15) is 0 Å². The van der Waals surface area contributed by atoms with Gasteiger partial charge in [0.05, 0.1) is 12.0 Å². The number of amides is 2. The van der Waals surface area contributed by atoms with Gasteiger partial charge in [0.1, 0.15) is 29.4 Å². The van der Waals surface area contributed by atoms with Crippen LogP contribution in [0.25, 0.3) is 0 Å². The molecule has 1 saturated heterocycles. The van der Waals surface area contributed by atoms with Crippen LogP contribution in [0.5, 0.6) is 0 Å². The van der Waals surface area contributed by atoms with Crippen molar-refractivity contribution >= 4 is 57.7 Å². The molecule has 1 aromatic heterocycles. The van der Waals surface area contributed by atoms with Gasteiger partial charge in [-0.05, 0) is 33.3 Å². The van der Waals surface area contributed by atoms with E-state index in [0.29, 0.717) is 11.3 Å². The highest BCUT2D eigenvalue weighted by Crippen LogP contribution is 2.40. The Balaban J connectivity index is 1.73. The number of oxime groups is 1. The maximum Gasteiger partial charge on any atom is 0.358 e. The number of hydrogen-bond acceptors (Lipinski definition) is 13. The van der Waals surface area contributed by atoms with Crippen LogP contribution in [0.1, 0.15) is 33.4 Å². The molecule has 0 radical (unpaired) electrons. The molecular weight excluding hydrogens is 526 g/mol. The molecule has 0 spiro atoms. The molecule has 2 aliphatic rings. The van der Waals surface area contributed by atoms with E-state index in [1.165, 1.54) is 23.8 Å². The summed E-state index contributed by atoms with van der Waals surface area (Å²) in [4.78, 5) is 61.3. The van der Waals surface area contributed by atoms with Gasteiger partial charge in [0.2, 0.25) is 6.79 Å². The zero-order chi connectivity index (χ0) is 27.3. The molecule has 0 bridgehead atoms. The largest absolute Gasteiger partial charge is 0.427 e. The lowest BCUT2D eigenvalue weighted by Gasteiger charge is -2.49. The molecule has 0 aliphatic carbocycles. The fourth-order valence-electron chi connectivity index (χ4n) is 3.32. The highest BCUT2D eigenvalue weighted by atomic mass is 32.2. The monoisotopic (exact) mass is 555 g/mol. The molecular formula is C22H29N5O8S2. The zero-order valence-corrected chi connectivity index (χ0v) is 22.7. The Morgan fingerprint density at radius 1 is 1.30 bits per heavy atom. The lowest BCUT2D eigenvalue weighted by molar-refractivity contribution is -0.173. The number of rotatable bonds is 10. The molecule has 1 unspecified atom stereocenters. The molecule has 202 valence electrons. The number of anilines is 1. The van der Waals surface area contributed by atoms with Crippen molar-refractivity contribution in [3.63, 3.8) is 0 Å². The maximum atomic E-state index is 13.1. The summed E-state index contributed by atoms with van der Waals surface area (Å²) < 4.78 is 15.3. The van der Waals surface area contributed by atoms with Gasteiger partial charge in [0.15, 0.2) is 10.8 Å². The van der Waals surface area contributed by atoms with Gasteiger partial charge in [0, 0.05) is 18.2 Å². The van der Waals surface area contributed by atoms with Crippen molar-refractivity contribution in [1.29, 1.82) is 0 Å². The first kappa shape index (κ1) is 28.4. The van der Waals surface area contributed by atoms with E-state index in [-0.39, 0.29) is 35.4 Å². The molecule has 2 aliphatic heterocycles. The van der Waals surface area contributed by atoms with E-state index in [1.807, 2.05) is 0 Å². The SMILES string of the molecule is CCON=C(C(=O)NC1C(=O)N2C(C(=O)OCOC(=O)C(C)(C)C)=C(COC)CS[C@H]12)c1csc(N)n1. The predicted molar refractivity (Wildman–Crippen MR) is 135 cm³/mol. The standard InChI is InChI=1S/C22H29N5O8S2/c1-6-35-26-13(12-9-37-21(23)24-12)16(28)25-14-17(29)27-15(11(7-32-5)8-36-18(14)27)19(30)33-10-34-20(31)22(2,3)4/h9,14,18H,6-8,10H2,1-5H3,(H2,23,24)(H,25,28)/t14?,18-/m1/s1. The second-order valence-electron chi connectivity index (χ2n) is 8.91. The van der Waals surface area contributed by atoms with Gasteiger partial charge in [0.25, 0.3) is 11.8 Å². The Kier molecular flexibility index (Phi) is 9.15. The average molecular weight is 556 g/mol. The van der Waals surface area contributed by atoms with Crippen LogP contribution >= 0.6 is 23.1 Å². The van der Waals surface area contributed by atoms with E-state index >= 15 is 0 Å². The van der Waals surface area contributed by atoms with Gasteiger partial charge >= 0.3 is 11.9 Å². The number of carbonyl (C=O) groups excluding carboxylic acids is 4. The lowest BCUT2D eigenvalue weighted by atomic mass is 9.98. The summed E-state index contributed by atoms with van der Waals surface area (Å²) in [5.41, 5.74) is 5.53. The molecule has 15 heteroatoms. The Morgan fingerprint density at radius 2 is 2.03 bits per heavy atom. The molecule has 0 saturated carbocycles. The Labute approximate surface area is 221 Å². The van der Waals surface area contributed by atoms with Crippen LogP contribution in [-0.2, 0) is 38.2 Å². The van der Waals surface area contributed by atoms with Crippen molar-refractivity contribution in [2.24, 2.45) is 10.6 Å². The second-order valence-corrected chi connectivity index (χ2v) is 10.9. The minimum atomic E-state index is -0.939. The van der Waals surface area contributed by atoms with E-state index in [1.54, 1.807) is 33.1 Å². The van der Waals surface area contributed by atoms with Crippen LogP contribution in [0.15, 0.2) is 21.8 Å². The number of methoxy groups -OCH3 is 1. The average Bonchev–Trinajstić information content (AvgIpc) is 3.27. The summed E-state index contributed by atoms with van der Waals surface area (Å²) in [6.07, 6.45) is 0. The maximum absolute atomic E-state index is 13.1. The number of carbonyl (C=O) groups is 4. The Bertz CT molecular complexity index is 1130. The number of nitrogens with zero attached hydrogens (tertiary/aromatic N) is 3. The van der Waals surface area contributed by atoms with Crippen LogP contribution in [0, 0.1) is 5.41 Å². The number of nitrogens with one attached hydrogen (secondary N) is 1. The first-order chi connectivity index (χ1) is 17.5. The fourth-order valence-corrected chi connectivity index (χ4v) is 5.19. The molecule has 1 aromatic rings. The smallest absolute Gasteiger partial charge is 0.358 e. The number of aromatic nitrogens is 1. The van der Waals surface area contributed by atoms with E-state index in [4.69, 9.17) is 24.8 Å². The summed E-state index contributed by atoms with van der Waals surface area (Å²) in [5, 5.41) is 7.70. The van der Waals surface area contributed by atoms with E-state index < -0.39 is 47.4 Å². The molecule has 13 nitrogen and oxygen atoms in total. The first-order valence-corrected chi connectivity index (χ1v) is 13.1. The van der Waals surface area contributed by atoms with Crippen molar-refractivity contribution in [3.05, 3.63) is 22.3 Å². The molecule has 37 heavy (non-hydrogen) atoms. The van der Waals surface area contributed by atoms with Crippen molar-refractivity contribution in [1.82, 2.24) is 15.2 Å². The molecule has 0 aromatic carbocycles. The molecule has 2 atom stereocenters. The van der Waals surface area contributed by atoms with Crippen molar-refractivity contribution in [2.45, 2.75) is 39.1 Å². The molecule has 3 heterocycles. The molecule has 1 fully saturated rings. The van der Waals surface area contributed by atoms with Gasteiger partial charge in [-0.1, -0.05) is 5.16 Å². The number of thioether (sulfide) groups is 1. The third-order valence-corrected chi connectivity index (χ3v) is 7.12. The highest BCUT2D eigenvalue weighted by Gasteiger charge is 2.54. The minimum Gasteiger partial charge on any atom is -0.427 e. The van der Waals surface area contributed by atoms with Crippen LogP contribution < -0.4 is 11.1 Å². The number of β-lactam (4-membered cyclic amide) rings is 1. The number of fused-ring (bicyclic) bond motifs is 1. The van der Waals surface area contributed by atoms with Crippen LogP contribution in [0.2, 0.25) is 0 Å². The van der Waals surface area contributed by atoms with Gasteiger partial charge in [-0.15, -0.1) is 23.1 Å². The summed E-state index contributed by atoms with van der Waals surface area (Å²) in [6.45, 7) is 6.40. The number of ether oxygens (including phenoxy) is 3.